The minimum absolute atomic E-state index is 0.0334. The van der Waals surface area contributed by atoms with Crippen LogP contribution in [0.4, 0.5) is 5.13 Å². The highest BCUT2D eigenvalue weighted by Crippen LogP contribution is 2.17. The molecule has 0 aliphatic rings. The molecular formula is C14H16ClN3OS. The van der Waals surface area contributed by atoms with Gasteiger partial charge in [0.2, 0.25) is 11.0 Å². The number of anilines is 1. The molecule has 0 aliphatic heterocycles. The molecule has 1 heterocycles. The summed E-state index contributed by atoms with van der Waals surface area (Å²) in [6.07, 6.45) is 2.85. The van der Waals surface area contributed by atoms with Crippen LogP contribution >= 0.6 is 22.9 Å². The van der Waals surface area contributed by atoms with Gasteiger partial charge in [-0.15, -0.1) is 21.8 Å². The smallest absolute Gasteiger partial charge is 0.226 e. The van der Waals surface area contributed by atoms with E-state index in [2.05, 4.69) is 15.5 Å². The summed E-state index contributed by atoms with van der Waals surface area (Å²) in [5, 5.41) is 12.2. The number of aryl methyl sites for hydroxylation is 2. The van der Waals surface area contributed by atoms with Gasteiger partial charge in [0.15, 0.2) is 0 Å². The summed E-state index contributed by atoms with van der Waals surface area (Å²) in [6.45, 7) is 0. The quantitative estimate of drug-likeness (QED) is 0.799. The lowest BCUT2D eigenvalue weighted by molar-refractivity contribution is -0.116. The van der Waals surface area contributed by atoms with Crippen molar-refractivity contribution in [1.29, 1.82) is 0 Å². The molecule has 2 aromatic rings. The highest BCUT2D eigenvalue weighted by atomic mass is 35.5. The molecule has 6 heteroatoms. The van der Waals surface area contributed by atoms with Gasteiger partial charge in [-0.3, -0.25) is 4.79 Å². The van der Waals surface area contributed by atoms with Crippen LogP contribution in [0.2, 0.25) is 0 Å². The first-order valence-corrected chi connectivity index (χ1v) is 7.85. The van der Waals surface area contributed by atoms with Crippen LogP contribution in [0.5, 0.6) is 0 Å². The van der Waals surface area contributed by atoms with Crippen molar-refractivity contribution in [2.24, 2.45) is 0 Å². The van der Waals surface area contributed by atoms with E-state index in [0.29, 0.717) is 17.4 Å². The molecule has 1 amide bonds. The van der Waals surface area contributed by atoms with Crippen molar-refractivity contribution < 1.29 is 4.79 Å². The van der Waals surface area contributed by atoms with Crippen LogP contribution in [0.15, 0.2) is 30.3 Å². The summed E-state index contributed by atoms with van der Waals surface area (Å²) in [5.74, 6) is 0.576. The molecule has 1 aromatic heterocycles. The molecule has 1 N–H and O–H groups in total. The number of carbonyl (C=O) groups excluding carboxylic acids is 1. The Hall–Kier alpha value is -1.46. The maximum Gasteiger partial charge on any atom is 0.226 e. The van der Waals surface area contributed by atoms with Gasteiger partial charge in [0.05, 0.1) is 0 Å². The molecule has 20 heavy (non-hydrogen) atoms. The second-order valence-corrected chi connectivity index (χ2v) is 5.77. The molecule has 2 rings (SSSR count). The Balaban J connectivity index is 1.78. The largest absolute Gasteiger partial charge is 0.301 e. The topological polar surface area (TPSA) is 54.9 Å². The fourth-order valence-corrected chi connectivity index (χ4v) is 2.64. The zero-order valence-electron chi connectivity index (χ0n) is 11.0. The summed E-state index contributed by atoms with van der Waals surface area (Å²) in [6, 6.07) is 9.94. The Morgan fingerprint density at radius 2 is 2.00 bits per heavy atom. The van der Waals surface area contributed by atoms with Gasteiger partial charge < -0.3 is 5.32 Å². The molecule has 0 unspecified atom stereocenters. The first-order chi connectivity index (χ1) is 9.78. The lowest BCUT2D eigenvalue weighted by Gasteiger charge is -2.01. The Labute approximate surface area is 127 Å². The van der Waals surface area contributed by atoms with Gasteiger partial charge in [-0.05, 0) is 18.4 Å². The van der Waals surface area contributed by atoms with Crippen molar-refractivity contribution in [3.63, 3.8) is 0 Å². The van der Waals surface area contributed by atoms with Crippen molar-refractivity contribution in [2.75, 3.05) is 11.2 Å². The molecule has 0 fully saturated rings. The molecular weight excluding hydrogens is 294 g/mol. The van der Waals surface area contributed by atoms with E-state index in [0.717, 1.165) is 29.8 Å². The molecule has 0 saturated carbocycles. The summed E-state index contributed by atoms with van der Waals surface area (Å²) in [5.41, 5.74) is 1.16. The van der Waals surface area contributed by atoms with Crippen LogP contribution in [0.1, 0.15) is 23.4 Å². The third-order valence-corrected chi connectivity index (χ3v) is 3.89. The third-order valence-electron chi connectivity index (χ3n) is 2.72. The molecule has 0 radical (unpaired) electrons. The van der Waals surface area contributed by atoms with E-state index >= 15 is 0 Å². The van der Waals surface area contributed by atoms with E-state index in [1.807, 2.05) is 30.3 Å². The summed E-state index contributed by atoms with van der Waals surface area (Å²) >= 11 is 7.04. The van der Waals surface area contributed by atoms with Crippen molar-refractivity contribution in [2.45, 2.75) is 25.7 Å². The van der Waals surface area contributed by atoms with Crippen molar-refractivity contribution in [3.05, 3.63) is 40.9 Å². The van der Waals surface area contributed by atoms with E-state index in [1.165, 1.54) is 11.3 Å². The zero-order chi connectivity index (χ0) is 14.2. The number of amides is 1. The van der Waals surface area contributed by atoms with Gasteiger partial charge in [-0.25, -0.2) is 0 Å². The fraction of sp³-hybridized carbons (Fsp3) is 0.357. The van der Waals surface area contributed by atoms with E-state index in [-0.39, 0.29) is 5.91 Å². The number of alkyl halides is 1. The summed E-state index contributed by atoms with van der Waals surface area (Å²) in [7, 11) is 0. The molecule has 0 aliphatic carbocycles. The maximum absolute atomic E-state index is 11.8. The van der Waals surface area contributed by atoms with Gasteiger partial charge in [-0.1, -0.05) is 41.7 Å². The molecule has 0 saturated heterocycles. The maximum atomic E-state index is 11.8. The van der Waals surface area contributed by atoms with Crippen LogP contribution in [0.3, 0.4) is 0 Å². The highest BCUT2D eigenvalue weighted by molar-refractivity contribution is 7.15. The van der Waals surface area contributed by atoms with E-state index < -0.39 is 0 Å². The van der Waals surface area contributed by atoms with Gasteiger partial charge in [-0.2, -0.15) is 0 Å². The Morgan fingerprint density at radius 1 is 1.20 bits per heavy atom. The Morgan fingerprint density at radius 3 is 2.75 bits per heavy atom. The van der Waals surface area contributed by atoms with E-state index in [9.17, 15) is 4.79 Å². The molecule has 1 aromatic carbocycles. The van der Waals surface area contributed by atoms with E-state index in [1.54, 1.807) is 0 Å². The second kappa shape index (κ2) is 7.97. The number of carbonyl (C=O) groups is 1. The average molecular weight is 310 g/mol. The number of nitrogens with one attached hydrogen (secondary N) is 1. The number of halogens is 1. The number of hydrogen-bond donors (Lipinski definition) is 1. The van der Waals surface area contributed by atoms with Gasteiger partial charge >= 0.3 is 0 Å². The molecule has 0 spiro atoms. The van der Waals surface area contributed by atoms with Crippen molar-refractivity contribution in [1.82, 2.24) is 10.2 Å². The van der Waals surface area contributed by atoms with Gasteiger partial charge in [0.25, 0.3) is 0 Å². The fourth-order valence-electron chi connectivity index (χ4n) is 1.71. The summed E-state index contributed by atoms with van der Waals surface area (Å²) < 4.78 is 0. The second-order valence-electron chi connectivity index (χ2n) is 4.33. The highest BCUT2D eigenvalue weighted by Gasteiger charge is 2.08. The van der Waals surface area contributed by atoms with Crippen molar-refractivity contribution >= 4 is 34.0 Å². The predicted octanol–water partition coefficient (Wildman–Crippen LogP) is 3.28. The van der Waals surface area contributed by atoms with Crippen LogP contribution < -0.4 is 5.32 Å². The molecule has 0 atom stereocenters. The molecule has 4 nitrogen and oxygen atoms in total. The number of aromatic nitrogens is 2. The van der Waals surface area contributed by atoms with Crippen LogP contribution in [0, 0.1) is 0 Å². The predicted molar refractivity (Wildman–Crippen MR) is 82.3 cm³/mol. The van der Waals surface area contributed by atoms with Gasteiger partial charge in [0.1, 0.15) is 5.01 Å². The Bertz CT molecular complexity index is 544. The van der Waals surface area contributed by atoms with E-state index in [4.69, 9.17) is 11.6 Å². The number of benzene rings is 1. The SMILES string of the molecule is O=C(CCc1ccccc1)Nc1nnc(CCCCl)s1. The minimum Gasteiger partial charge on any atom is -0.301 e. The van der Waals surface area contributed by atoms with Crippen molar-refractivity contribution in [3.8, 4) is 0 Å². The first-order valence-electron chi connectivity index (χ1n) is 6.50. The van der Waals surface area contributed by atoms with Gasteiger partial charge in [0, 0.05) is 18.7 Å². The number of hydrogen-bond acceptors (Lipinski definition) is 4. The average Bonchev–Trinajstić information content (AvgIpc) is 2.91. The Kier molecular flexibility index (Phi) is 5.95. The van der Waals surface area contributed by atoms with Crippen LogP contribution in [-0.4, -0.2) is 22.0 Å². The standard InChI is InChI=1S/C14H16ClN3OS/c15-10-4-7-13-17-18-14(20-13)16-12(19)9-8-11-5-2-1-3-6-11/h1-3,5-6H,4,7-10H2,(H,16,18,19). The number of rotatable bonds is 7. The van der Waals surface area contributed by atoms with Crippen LogP contribution in [0.25, 0.3) is 0 Å². The lowest BCUT2D eigenvalue weighted by atomic mass is 10.1. The van der Waals surface area contributed by atoms with Crippen LogP contribution in [-0.2, 0) is 17.6 Å². The third kappa shape index (κ3) is 4.90. The molecule has 106 valence electrons. The normalized spacial score (nSPS) is 10.4. The number of nitrogens with zero attached hydrogens (tertiary/aromatic N) is 2. The first kappa shape index (κ1) is 14.9. The minimum atomic E-state index is -0.0334. The zero-order valence-corrected chi connectivity index (χ0v) is 12.6. The monoisotopic (exact) mass is 309 g/mol. The lowest BCUT2D eigenvalue weighted by Crippen LogP contribution is -2.12. The summed E-state index contributed by atoms with van der Waals surface area (Å²) in [4.78, 5) is 11.8. The molecule has 0 bridgehead atoms.